The Morgan fingerprint density at radius 3 is 2.55 bits per heavy atom. The third kappa shape index (κ3) is 2.69. The van der Waals surface area contributed by atoms with Gasteiger partial charge in [-0.3, -0.25) is 0 Å². The molecule has 0 spiro atoms. The van der Waals surface area contributed by atoms with Crippen molar-refractivity contribution in [2.75, 3.05) is 0 Å². The zero-order valence-corrected chi connectivity index (χ0v) is 8.06. The summed E-state index contributed by atoms with van der Waals surface area (Å²) in [7, 11) is 0. The van der Waals surface area contributed by atoms with E-state index in [1.807, 2.05) is 0 Å². The second kappa shape index (κ2) is 3.42. The van der Waals surface area contributed by atoms with Gasteiger partial charge in [0.15, 0.2) is 0 Å². The van der Waals surface area contributed by atoms with Crippen molar-refractivity contribution < 1.29 is 0 Å². The maximum atomic E-state index is 2.38. The van der Waals surface area contributed by atoms with E-state index in [2.05, 4.69) is 32.9 Å². The van der Waals surface area contributed by atoms with Crippen LogP contribution in [0.25, 0.3) is 0 Å². The molecule has 1 atom stereocenters. The number of hydrogen-bond donors (Lipinski definition) is 0. The van der Waals surface area contributed by atoms with E-state index in [-0.39, 0.29) is 0 Å². The molecule has 0 aromatic heterocycles. The maximum absolute atomic E-state index is 2.38. The molecule has 0 nitrogen and oxygen atoms in total. The molecule has 1 saturated carbocycles. The summed E-state index contributed by atoms with van der Waals surface area (Å²) in [5, 5.41) is 0. The summed E-state index contributed by atoms with van der Waals surface area (Å²) in [5.74, 6) is 1.03. The monoisotopic (exact) mass is 152 g/mol. The lowest BCUT2D eigenvalue weighted by atomic mass is 10.1. The van der Waals surface area contributed by atoms with E-state index >= 15 is 0 Å². The molecule has 1 aliphatic rings. The SMILES string of the molecule is C/C=C/CCCC1CC1(C)C. The van der Waals surface area contributed by atoms with Crippen LogP contribution >= 0.6 is 0 Å². The van der Waals surface area contributed by atoms with E-state index in [1.54, 1.807) is 0 Å². The summed E-state index contributed by atoms with van der Waals surface area (Å²) in [6, 6.07) is 0. The topological polar surface area (TPSA) is 0 Å². The largest absolute Gasteiger partial charge is 0.0917 e. The van der Waals surface area contributed by atoms with Crippen LogP contribution in [0.15, 0.2) is 12.2 Å². The molecule has 0 heterocycles. The Bertz CT molecular complexity index is 142. The molecule has 0 bridgehead atoms. The molecule has 11 heavy (non-hydrogen) atoms. The van der Waals surface area contributed by atoms with Gasteiger partial charge in [0, 0.05) is 0 Å². The zero-order chi connectivity index (χ0) is 8.32. The first-order valence-electron chi connectivity index (χ1n) is 4.78. The summed E-state index contributed by atoms with van der Waals surface area (Å²) in [4.78, 5) is 0. The summed E-state index contributed by atoms with van der Waals surface area (Å²) in [6.07, 6.45) is 10.00. The molecule has 64 valence electrons. The van der Waals surface area contributed by atoms with Crippen molar-refractivity contribution in [3.8, 4) is 0 Å². The molecule has 1 unspecified atom stereocenters. The fraction of sp³-hybridized carbons (Fsp3) is 0.818. The molecular weight excluding hydrogens is 132 g/mol. The summed E-state index contributed by atoms with van der Waals surface area (Å²) >= 11 is 0. The molecule has 0 amide bonds. The highest BCUT2D eigenvalue weighted by molar-refractivity contribution is 4.94. The second-order valence-electron chi connectivity index (χ2n) is 4.39. The minimum Gasteiger partial charge on any atom is -0.0917 e. The third-order valence-electron chi connectivity index (χ3n) is 2.88. The lowest BCUT2D eigenvalue weighted by Crippen LogP contribution is -1.89. The Morgan fingerprint density at radius 2 is 2.09 bits per heavy atom. The molecule has 0 aliphatic heterocycles. The van der Waals surface area contributed by atoms with Crippen LogP contribution in [0.1, 0.15) is 46.5 Å². The predicted molar refractivity (Wildman–Crippen MR) is 50.6 cm³/mol. The molecule has 0 radical (unpaired) electrons. The summed E-state index contributed by atoms with van der Waals surface area (Å²) in [6.45, 7) is 6.86. The lowest BCUT2D eigenvalue weighted by Gasteiger charge is -2.00. The Balaban J connectivity index is 1.98. The standard InChI is InChI=1S/C11H20/c1-4-5-6-7-8-10-9-11(10,2)3/h4-5,10H,6-9H2,1-3H3/b5-4+. The third-order valence-corrected chi connectivity index (χ3v) is 2.88. The van der Waals surface area contributed by atoms with Crippen LogP contribution in [-0.2, 0) is 0 Å². The summed E-state index contributed by atoms with van der Waals surface area (Å²) in [5.41, 5.74) is 0.690. The highest BCUT2D eigenvalue weighted by Gasteiger charge is 2.44. The van der Waals surface area contributed by atoms with Crippen molar-refractivity contribution in [2.24, 2.45) is 11.3 Å². The van der Waals surface area contributed by atoms with Crippen LogP contribution in [0.4, 0.5) is 0 Å². The molecule has 0 aromatic carbocycles. The van der Waals surface area contributed by atoms with E-state index in [9.17, 15) is 0 Å². The van der Waals surface area contributed by atoms with Crippen molar-refractivity contribution in [1.29, 1.82) is 0 Å². The Morgan fingerprint density at radius 1 is 1.45 bits per heavy atom. The first-order valence-corrected chi connectivity index (χ1v) is 4.78. The van der Waals surface area contributed by atoms with E-state index in [0.29, 0.717) is 5.41 Å². The van der Waals surface area contributed by atoms with Gasteiger partial charge in [0.2, 0.25) is 0 Å². The number of rotatable bonds is 4. The molecule has 1 fully saturated rings. The molecule has 1 aliphatic carbocycles. The molecule has 0 N–H and O–H groups in total. The average Bonchev–Trinajstić information content (AvgIpc) is 2.52. The smallest absolute Gasteiger partial charge is 0.0323 e. The quantitative estimate of drug-likeness (QED) is 0.425. The first kappa shape index (κ1) is 8.83. The Kier molecular flexibility index (Phi) is 2.75. The van der Waals surface area contributed by atoms with Crippen molar-refractivity contribution in [3.05, 3.63) is 12.2 Å². The van der Waals surface area contributed by atoms with Crippen molar-refractivity contribution >= 4 is 0 Å². The average molecular weight is 152 g/mol. The fourth-order valence-corrected chi connectivity index (χ4v) is 1.72. The molecule has 0 aromatic rings. The Labute approximate surface area is 70.7 Å². The number of hydrogen-bond acceptors (Lipinski definition) is 0. The second-order valence-corrected chi connectivity index (χ2v) is 4.39. The van der Waals surface area contributed by atoms with Crippen molar-refractivity contribution in [3.63, 3.8) is 0 Å². The molecule has 1 rings (SSSR count). The van der Waals surface area contributed by atoms with Gasteiger partial charge in [-0.15, -0.1) is 0 Å². The van der Waals surface area contributed by atoms with Gasteiger partial charge in [0.1, 0.15) is 0 Å². The van der Waals surface area contributed by atoms with Crippen molar-refractivity contribution in [1.82, 2.24) is 0 Å². The fourth-order valence-electron chi connectivity index (χ4n) is 1.72. The molecule has 0 heteroatoms. The van der Waals surface area contributed by atoms with Gasteiger partial charge in [0.25, 0.3) is 0 Å². The normalized spacial score (nSPS) is 27.7. The van der Waals surface area contributed by atoms with Gasteiger partial charge in [-0.05, 0) is 43.9 Å². The maximum Gasteiger partial charge on any atom is -0.0323 e. The molecular formula is C11H20. The Hall–Kier alpha value is -0.260. The van der Waals surface area contributed by atoms with Crippen LogP contribution in [0.5, 0.6) is 0 Å². The van der Waals surface area contributed by atoms with Crippen LogP contribution in [-0.4, -0.2) is 0 Å². The molecule has 0 saturated heterocycles. The first-order chi connectivity index (χ1) is 5.17. The highest BCUT2D eigenvalue weighted by atomic mass is 14.5. The van der Waals surface area contributed by atoms with E-state index in [1.165, 1.54) is 25.7 Å². The lowest BCUT2D eigenvalue weighted by molar-refractivity contribution is 0.520. The van der Waals surface area contributed by atoms with E-state index in [4.69, 9.17) is 0 Å². The van der Waals surface area contributed by atoms with E-state index < -0.39 is 0 Å². The van der Waals surface area contributed by atoms with Gasteiger partial charge in [-0.25, -0.2) is 0 Å². The van der Waals surface area contributed by atoms with Gasteiger partial charge in [-0.1, -0.05) is 26.0 Å². The number of unbranched alkanes of at least 4 members (excludes halogenated alkanes) is 1. The minimum absolute atomic E-state index is 0.690. The van der Waals surface area contributed by atoms with Crippen LogP contribution < -0.4 is 0 Å². The van der Waals surface area contributed by atoms with Crippen LogP contribution in [0, 0.1) is 11.3 Å². The van der Waals surface area contributed by atoms with Gasteiger partial charge >= 0.3 is 0 Å². The van der Waals surface area contributed by atoms with Gasteiger partial charge in [0.05, 0.1) is 0 Å². The summed E-state index contributed by atoms with van der Waals surface area (Å²) < 4.78 is 0. The highest BCUT2D eigenvalue weighted by Crippen LogP contribution is 2.54. The number of allylic oxidation sites excluding steroid dienone is 2. The van der Waals surface area contributed by atoms with E-state index in [0.717, 1.165) is 5.92 Å². The van der Waals surface area contributed by atoms with Crippen LogP contribution in [0.2, 0.25) is 0 Å². The minimum atomic E-state index is 0.690. The van der Waals surface area contributed by atoms with Crippen LogP contribution in [0.3, 0.4) is 0 Å². The zero-order valence-electron chi connectivity index (χ0n) is 8.06. The predicted octanol–water partition coefficient (Wildman–Crippen LogP) is 3.78. The van der Waals surface area contributed by atoms with Gasteiger partial charge < -0.3 is 0 Å². The van der Waals surface area contributed by atoms with Crippen molar-refractivity contribution in [2.45, 2.75) is 46.5 Å². The van der Waals surface area contributed by atoms with Gasteiger partial charge in [-0.2, -0.15) is 0 Å².